The van der Waals surface area contributed by atoms with Crippen molar-refractivity contribution in [3.63, 3.8) is 0 Å². The standard InChI is InChI=1S/C56H101NO5/c1-4-7-10-13-16-19-22-24-26-27-29-30-33-35-38-41-44-47-52(62-56(61)49-46-43-40-37-34-31-28-25-23-20-17-14-11-8-5-2)50-55(60)57-53(51-58)54(59)48-45-42-39-36-32-21-18-15-12-9-6-3/h16-17,19-20,23-26,29-30,52-54,58-59H,4-15,18,21-22,27-28,31-51H2,1-3H3,(H,57,60)/b19-16-,20-17+,25-23+,26-24-,30-29-. The molecule has 6 heteroatoms. The van der Waals surface area contributed by atoms with Crippen LogP contribution < -0.4 is 5.32 Å². The zero-order valence-electron chi connectivity index (χ0n) is 41.0. The molecule has 0 aliphatic carbocycles. The first kappa shape index (κ1) is 59.6. The van der Waals surface area contributed by atoms with Gasteiger partial charge in [-0.05, 0) is 89.9 Å². The molecule has 0 bridgehead atoms. The summed E-state index contributed by atoms with van der Waals surface area (Å²) in [6, 6.07) is -0.712. The van der Waals surface area contributed by atoms with Crippen LogP contribution in [-0.2, 0) is 14.3 Å². The number of nitrogens with one attached hydrogen (secondary N) is 1. The number of allylic oxidation sites excluding steroid dienone is 10. The summed E-state index contributed by atoms with van der Waals surface area (Å²) in [5.74, 6) is -0.507. The van der Waals surface area contributed by atoms with Gasteiger partial charge in [0.25, 0.3) is 0 Å². The number of rotatable bonds is 47. The van der Waals surface area contributed by atoms with Gasteiger partial charge in [-0.25, -0.2) is 0 Å². The minimum atomic E-state index is -0.797. The van der Waals surface area contributed by atoms with E-state index in [0.29, 0.717) is 19.3 Å². The van der Waals surface area contributed by atoms with Crippen molar-refractivity contribution in [2.75, 3.05) is 6.61 Å². The molecule has 0 aromatic rings. The topological polar surface area (TPSA) is 95.9 Å². The SMILES string of the molecule is CCCCC/C=C\C/C=C\C/C=C\CCCCCCC(CC(=O)NC(CO)C(O)CCCCCCCCCCCCC)OC(=O)CCCCCCCC/C=C/C=C/CCCCC. The monoisotopic (exact) mass is 868 g/mol. The lowest BCUT2D eigenvalue weighted by Crippen LogP contribution is -2.46. The highest BCUT2D eigenvalue weighted by atomic mass is 16.5. The average molecular weight is 868 g/mol. The first-order chi connectivity index (χ1) is 30.5. The summed E-state index contributed by atoms with van der Waals surface area (Å²) in [5.41, 5.74) is 0. The van der Waals surface area contributed by atoms with Crippen molar-refractivity contribution in [2.45, 2.75) is 277 Å². The van der Waals surface area contributed by atoms with Gasteiger partial charge in [0.1, 0.15) is 6.10 Å². The Bertz CT molecular complexity index is 1110. The molecule has 0 saturated carbocycles. The van der Waals surface area contributed by atoms with E-state index in [1.165, 1.54) is 122 Å². The number of amides is 1. The van der Waals surface area contributed by atoms with Crippen LogP contribution >= 0.6 is 0 Å². The molecule has 3 atom stereocenters. The number of aliphatic hydroxyl groups is 2. The van der Waals surface area contributed by atoms with E-state index in [1.807, 2.05) is 0 Å². The number of carbonyl (C=O) groups excluding carboxylic acids is 2. The molecule has 0 aromatic carbocycles. The molecule has 3 unspecified atom stereocenters. The summed E-state index contributed by atoms with van der Waals surface area (Å²) in [6.45, 7) is 6.42. The van der Waals surface area contributed by atoms with Crippen LogP contribution in [0.15, 0.2) is 60.8 Å². The quantitative estimate of drug-likeness (QED) is 0.0245. The minimum absolute atomic E-state index is 0.0569. The smallest absolute Gasteiger partial charge is 0.306 e. The fourth-order valence-electron chi connectivity index (χ4n) is 7.78. The highest BCUT2D eigenvalue weighted by Gasteiger charge is 2.24. The van der Waals surface area contributed by atoms with Gasteiger partial charge < -0.3 is 20.3 Å². The second-order valence-corrected chi connectivity index (χ2v) is 17.9. The first-order valence-electron chi connectivity index (χ1n) is 26.5. The Kier molecular flexibility index (Phi) is 47.6. The number of unbranched alkanes of at least 4 members (excludes halogenated alkanes) is 26. The van der Waals surface area contributed by atoms with E-state index in [4.69, 9.17) is 4.74 Å². The molecule has 0 heterocycles. The maximum absolute atomic E-state index is 13.2. The van der Waals surface area contributed by atoms with Crippen LogP contribution in [0.4, 0.5) is 0 Å². The predicted molar refractivity (Wildman–Crippen MR) is 268 cm³/mol. The van der Waals surface area contributed by atoms with Crippen LogP contribution in [0.2, 0.25) is 0 Å². The largest absolute Gasteiger partial charge is 0.462 e. The van der Waals surface area contributed by atoms with Gasteiger partial charge in [0.2, 0.25) is 5.91 Å². The second-order valence-electron chi connectivity index (χ2n) is 17.9. The fourth-order valence-corrected chi connectivity index (χ4v) is 7.78. The van der Waals surface area contributed by atoms with Crippen molar-refractivity contribution in [3.8, 4) is 0 Å². The Balaban J connectivity index is 4.66. The van der Waals surface area contributed by atoms with Crippen LogP contribution in [-0.4, -0.2) is 46.9 Å². The molecule has 1 amide bonds. The van der Waals surface area contributed by atoms with Crippen molar-refractivity contribution in [1.82, 2.24) is 5.32 Å². The molecule has 0 spiro atoms. The molecule has 6 nitrogen and oxygen atoms in total. The number of hydrogen-bond donors (Lipinski definition) is 3. The maximum atomic E-state index is 13.2. The van der Waals surface area contributed by atoms with Gasteiger partial charge in [0.15, 0.2) is 0 Å². The van der Waals surface area contributed by atoms with E-state index in [0.717, 1.165) is 89.9 Å². The van der Waals surface area contributed by atoms with Gasteiger partial charge in [0.05, 0.1) is 25.2 Å². The molecular weight excluding hydrogens is 767 g/mol. The molecule has 62 heavy (non-hydrogen) atoms. The van der Waals surface area contributed by atoms with Crippen LogP contribution in [0.1, 0.15) is 258 Å². The zero-order chi connectivity index (χ0) is 45.2. The third kappa shape index (κ3) is 44.2. The van der Waals surface area contributed by atoms with Gasteiger partial charge >= 0.3 is 5.97 Å². The van der Waals surface area contributed by atoms with E-state index in [9.17, 15) is 19.8 Å². The number of ether oxygens (including phenoxy) is 1. The lowest BCUT2D eigenvalue weighted by Gasteiger charge is -2.24. The van der Waals surface area contributed by atoms with Crippen molar-refractivity contribution in [2.24, 2.45) is 0 Å². The van der Waals surface area contributed by atoms with Gasteiger partial charge in [-0.15, -0.1) is 0 Å². The molecular formula is C56H101NO5. The summed E-state index contributed by atoms with van der Waals surface area (Å²) < 4.78 is 5.93. The molecule has 0 fully saturated rings. The molecule has 0 radical (unpaired) electrons. The summed E-state index contributed by atoms with van der Waals surface area (Å²) in [6.07, 6.45) is 61.3. The Hall–Kier alpha value is -2.44. The molecule has 3 N–H and O–H groups in total. The van der Waals surface area contributed by atoms with Crippen molar-refractivity contribution in [1.29, 1.82) is 0 Å². The zero-order valence-corrected chi connectivity index (χ0v) is 41.0. The Morgan fingerprint density at radius 2 is 0.871 bits per heavy atom. The third-order valence-electron chi connectivity index (χ3n) is 11.8. The third-order valence-corrected chi connectivity index (χ3v) is 11.8. The predicted octanol–water partition coefficient (Wildman–Crippen LogP) is 16.0. The Morgan fingerprint density at radius 1 is 0.484 bits per heavy atom. The Morgan fingerprint density at radius 3 is 1.37 bits per heavy atom. The molecule has 0 aliphatic rings. The average Bonchev–Trinajstić information content (AvgIpc) is 3.26. The van der Waals surface area contributed by atoms with Gasteiger partial charge in [-0.3, -0.25) is 9.59 Å². The van der Waals surface area contributed by atoms with Crippen molar-refractivity contribution < 1.29 is 24.5 Å². The molecule has 360 valence electrons. The summed E-state index contributed by atoms with van der Waals surface area (Å²) >= 11 is 0. The number of esters is 1. The minimum Gasteiger partial charge on any atom is -0.462 e. The number of aliphatic hydroxyl groups excluding tert-OH is 2. The van der Waals surface area contributed by atoms with Crippen LogP contribution in [0.25, 0.3) is 0 Å². The number of hydrogen-bond acceptors (Lipinski definition) is 5. The highest BCUT2D eigenvalue weighted by Crippen LogP contribution is 2.17. The Labute approximate surface area is 384 Å². The highest BCUT2D eigenvalue weighted by molar-refractivity contribution is 5.77. The maximum Gasteiger partial charge on any atom is 0.306 e. The summed E-state index contributed by atoms with van der Waals surface area (Å²) in [7, 11) is 0. The first-order valence-corrected chi connectivity index (χ1v) is 26.5. The lowest BCUT2D eigenvalue weighted by molar-refractivity contribution is -0.151. The van der Waals surface area contributed by atoms with E-state index in [-0.39, 0.29) is 24.9 Å². The van der Waals surface area contributed by atoms with E-state index >= 15 is 0 Å². The van der Waals surface area contributed by atoms with Gasteiger partial charge in [-0.2, -0.15) is 0 Å². The molecule has 0 aliphatic heterocycles. The summed E-state index contributed by atoms with van der Waals surface area (Å²) in [4.78, 5) is 26.2. The van der Waals surface area contributed by atoms with Crippen molar-refractivity contribution >= 4 is 11.9 Å². The van der Waals surface area contributed by atoms with Gasteiger partial charge in [0, 0.05) is 6.42 Å². The van der Waals surface area contributed by atoms with Crippen LogP contribution in [0.5, 0.6) is 0 Å². The second kappa shape index (κ2) is 49.6. The lowest BCUT2D eigenvalue weighted by atomic mass is 10.0. The molecule has 0 saturated heterocycles. The molecule has 0 rings (SSSR count). The molecule has 0 aromatic heterocycles. The van der Waals surface area contributed by atoms with Gasteiger partial charge in [-0.1, -0.05) is 216 Å². The van der Waals surface area contributed by atoms with Crippen LogP contribution in [0.3, 0.4) is 0 Å². The van der Waals surface area contributed by atoms with E-state index in [1.54, 1.807) is 0 Å². The normalized spacial score (nSPS) is 13.7. The number of carbonyl (C=O) groups is 2. The fraction of sp³-hybridized carbons (Fsp3) is 0.786. The van der Waals surface area contributed by atoms with Crippen molar-refractivity contribution in [3.05, 3.63) is 60.8 Å². The van der Waals surface area contributed by atoms with E-state index in [2.05, 4.69) is 86.8 Å². The van der Waals surface area contributed by atoms with Crippen LogP contribution in [0, 0.1) is 0 Å². The van der Waals surface area contributed by atoms with E-state index < -0.39 is 18.2 Å². The summed E-state index contributed by atoms with van der Waals surface area (Å²) in [5, 5.41) is 23.8.